The first kappa shape index (κ1) is 11.5. The standard InChI is InChI=1S/C10H13NO4/c1-6-3-7(4-9(11-6)15-2)8(12)5-10(13)14/h3-4,8,12H,5H2,1-2H3,(H,13,14). The predicted octanol–water partition coefficient (Wildman–Crippen LogP) is 0.907. The Morgan fingerprint density at radius 1 is 1.60 bits per heavy atom. The summed E-state index contributed by atoms with van der Waals surface area (Å²) in [5.74, 6) is -0.676. The molecule has 0 amide bonds. The molecule has 5 nitrogen and oxygen atoms in total. The highest BCUT2D eigenvalue weighted by molar-refractivity contribution is 5.67. The number of aliphatic hydroxyl groups excluding tert-OH is 1. The molecular formula is C10H13NO4. The number of carbonyl (C=O) groups is 1. The van der Waals surface area contributed by atoms with Gasteiger partial charge in [0.15, 0.2) is 0 Å². The molecule has 1 aromatic rings. The number of aliphatic hydroxyl groups is 1. The van der Waals surface area contributed by atoms with E-state index in [1.54, 1.807) is 13.0 Å². The molecule has 1 unspecified atom stereocenters. The molecule has 1 atom stereocenters. The fourth-order valence-electron chi connectivity index (χ4n) is 1.24. The largest absolute Gasteiger partial charge is 0.481 e. The molecule has 1 rings (SSSR count). The maximum atomic E-state index is 10.4. The summed E-state index contributed by atoms with van der Waals surface area (Å²) >= 11 is 0. The van der Waals surface area contributed by atoms with E-state index in [9.17, 15) is 9.90 Å². The molecule has 0 bridgehead atoms. The monoisotopic (exact) mass is 211 g/mol. The van der Waals surface area contributed by atoms with Gasteiger partial charge in [-0.1, -0.05) is 0 Å². The number of aromatic nitrogens is 1. The third-order valence-electron chi connectivity index (χ3n) is 1.91. The van der Waals surface area contributed by atoms with Crippen LogP contribution in [0.1, 0.15) is 23.8 Å². The van der Waals surface area contributed by atoms with Gasteiger partial charge in [0, 0.05) is 11.8 Å². The Morgan fingerprint density at radius 2 is 2.27 bits per heavy atom. The van der Waals surface area contributed by atoms with Crippen LogP contribution in [0.3, 0.4) is 0 Å². The Labute approximate surface area is 87.3 Å². The highest BCUT2D eigenvalue weighted by Crippen LogP contribution is 2.21. The molecule has 1 heterocycles. The van der Waals surface area contributed by atoms with E-state index in [0.29, 0.717) is 17.1 Å². The number of carboxylic acid groups (broad SMARTS) is 1. The van der Waals surface area contributed by atoms with Crippen molar-refractivity contribution in [3.8, 4) is 5.88 Å². The maximum Gasteiger partial charge on any atom is 0.306 e. The van der Waals surface area contributed by atoms with Gasteiger partial charge >= 0.3 is 5.97 Å². The van der Waals surface area contributed by atoms with Crippen LogP contribution in [0.15, 0.2) is 12.1 Å². The second-order valence-electron chi connectivity index (χ2n) is 3.20. The zero-order valence-electron chi connectivity index (χ0n) is 8.60. The molecule has 1 aromatic heterocycles. The summed E-state index contributed by atoms with van der Waals surface area (Å²) < 4.78 is 4.92. The zero-order valence-corrected chi connectivity index (χ0v) is 8.60. The van der Waals surface area contributed by atoms with Crippen LogP contribution in [-0.4, -0.2) is 28.3 Å². The third kappa shape index (κ3) is 3.21. The van der Waals surface area contributed by atoms with Gasteiger partial charge in [0.05, 0.1) is 19.6 Å². The lowest BCUT2D eigenvalue weighted by atomic mass is 10.1. The van der Waals surface area contributed by atoms with Crippen molar-refractivity contribution in [1.82, 2.24) is 4.98 Å². The predicted molar refractivity (Wildman–Crippen MR) is 52.7 cm³/mol. The molecule has 0 saturated carbocycles. The van der Waals surface area contributed by atoms with E-state index < -0.39 is 12.1 Å². The minimum absolute atomic E-state index is 0.327. The summed E-state index contributed by atoms with van der Waals surface area (Å²) in [5, 5.41) is 18.1. The fourth-order valence-corrected chi connectivity index (χ4v) is 1.24. The number of nitrogens with zero attached hydrogens (tertiary/aromatic N) is 1. The summed E-state index contributed by atoms with van der Waals surface area (Å²) in [6, 6.07) is 3.16. The number of hydrogen-bond acceptors (Lipinski definition) is 4. The van der Waals surface area contributed by atoms with Gasteiger partial charge in [0.25, 0.3) is 0 Å². The molecule has 0 saturated heterocycles. The smallest absolute Gasteiger partial charge is 0.306 e. The van der Waals surface area contributed by atoms with Crippen molar-refractivity contribution < 1.29 is 19.7 Å². The molecule has 0 aliphatic rings. The van der Waals surface area contributed by atoms with Crippen LogP contribution in [0.2, 0.25) is 0 Å². The second-order valence-corrected chi connectivity index (χ2v) is 3.20. The van der Waals surface area contributed by atoms with Crippen LogP contribution in [0.25, 0.3) is 0 Å². The minimum atomic E-state index is -1.05. The maximum absolute atomic E-state index is 10.4. The lowest BCUT2D eigenvalue weighted by molar-refractivity contribution is -0.139. The second kappa shape index (κ2) is 4.75. The number of hydrogen-bond donors (Lipinski definition) is 2. The third-order valence-corrected chi connectivity index (χ3v) is 1.91. The summed E-state index contributed by atoms with van der Waals surface area (Å²) in [7, 11) is 1.47. The van der Waals surface area contributed by atoms with Crippen molar-refractivity contribution >= 4 is 5.97 Å². The van der Waals surface area contributed by atoms with E-state index in [2.05, 4.69) is 4.98 Å². The highest BCUT2D eigenvalue weighted by atomic mass is 16.5. The first-order valence-corrected chi connectivity index (χ1v) is 4.45. The number of pyridine rings is 1. The van der Waals surface area contributed by atoms with E-state index in [0.717, 1.165) is 0 Å². The van der Waals surface area contributed by atoms with E-state index >= 15 is 0 Å². The Kier molecular flexibility index (Phi) is 3.62. The molecule has 0 radical (unpaired) electrons. The van der Waals surface area contributed by atoms with Crippen molar-refractivity contribution in [1.29, 1.82) is 0 Å². The number of aliphatic carboxylic acids is 1. The molecule has 5 heteroatoms. The van der Waals surface area contributed by atoms with Crippen LogP contribution in [-0.2, 0) is 4.79 Å². The first-order valence-electron chi connectivity index (χ1n) is 4.45. The van der Waals surface area contributed by atoms with Crippen molar-refractivity contribution in [2.24, 2.45) is 0 Å². The van der Waals surface area contributed by atoms with Crippen LogP contribution in [0, 0.1) is 6.92 Å². The Bertz CT molecular complexity index is 364. The number of methoxy groups -OCH3 is 1. The van der Waals surface area contributed by atoms with Crippen molar-refractivity contribution in [2.75, 3.05) is 7.11 Å². The molecule has 0 aliphatic heterocycles. The summed E-state index contributed by atoms with van der Waals surface area (Å²) in [4.78, 5) is 14.4. The zero-order chi connectivity index (χ0) is 11.4. The molecular weight excluding hydrogens is 198 g/mol. The van der Waals surface area contributed by atoms with E-state index in [1.807, 2.05) is 0 Å². The fraction of sp³-hybridized carbons (Fsp3) is 0.400. The molecule has 0 spiro atoms. The summed E-state index contributed by atoms with van der Waals surface area (Å²) in [6.45, 7) is 1.75. The van der Waals surface area contributed by atoms with Gasteiger partial charge in [-0.25, -0.2) is 4.98 Å². The number of ether oxygens (including phenoxy) is 1. The van der Waals surface area contributed by atoms with Crippen molar-refractivity contribution in [2.45, 2.75) is 19.4 Å². The van der Waals surface area contributed by atoms with Gasteiger partial charge in [-0.3, -0.25) is 4.79 Å². The van der Waals surface area contributed by atoms with Crippen LogP contribution in [0.5, 0.6) is 5.88 Å². The molecule has 2 N–H and O–H groups in total. The van der Waals surface area contributed by atoms with Crippen molar-refractivity contribution in [3.63, 3.8) is 0 Å². The quantitative estimate of drug-likeness (QED) is 0.773. The van der Waals surface area contributed by atoms with Crippen LogP contribution in [0.4, 0.5) is 0 Å². The van der Waals surface area contributed by atoms with E-state index in [1.165, 1.54) is 13.2 Å². The molecule has 0 aromatic carbocycles. The van der Waals surface area contributed by atoms with Gasteiger partial charge in [-0.2, -0.15) is 0 Å². The van der Waals surface area contributed by atoms with Crippen molar-refractivity contribution in [3.05, 3.63) is 23.4 Å². The molecule has 15 heavy (non-hydrogen) atoms. The van der Waals surface area contributed by atoms with Gasteiger partial charge < -0.3 is 14.9 Å². The Balaban J connectivity index is 2.92. The molecule has 0 aliphatic carbocycles. The normalized spacial score (nSPS) is 12.2. The van der Waals surface area contributed by atoms with E-state index in [4.69, 9.17) is 9.84 Å². The average molecular weight is 211 g/mol. The first-order chi connectivity index (χ1) is 7.02. The van der Waals surface area contributed by atoms with Gasteiger partial charge in [0.2, 0.25) is 5.88 Å². The summed E-state index contributed by atoms with van der Waals surface area (Å²) in [6.07, 6.45) is -1.36. The van der Waals surface area contributed by atoms with Crippen LogP contribution < -0.4 is 4.74 Å². The topological polar surface area (TPSA) is 79.7 Å². The van der Waals surface area contributed by atoms with Gasteiger partial charge in [0.1, 0.15) is 0 Å². The Hall–Kier alpha value is -1.62. The van der Waals surface area contributed by atoms with Gasteiger partial charge in [-0.15, -0.1) is 0 Å². The molecule has 0 fully saturated rings. The number of rotatable bonds is 4. The average Bonchev–Trinajstić information content (AvgIpc) is 2.15. The number of carboxylic acids is 1. The van der Waals surface area contributed by atoms with Gasteiger partial charge in [-0.05, 0) is 18.6 Å². The highest BCUT2D eigenvalue weighted by Gasteiger charge is 2.13. The minimum Gasteiger partial charge on any atom is -0.481 e. The van der Waals surface area contributed by atoms with Crippen LogP contribution >= 0.6 is 0 Å². The lowest BCUT2D eigenvalue weighted by Gasteiger charge is -2.10. The lowest BCUT2D eigenvalue weighted by Crippen LogP contribution is -2.06. The summed E-state index contributed by atoms with van der Waals surface area (Å²) in [5.41, 5.74) is 1.18. The number of aryl methyl sites for hydroxylation is 1. The SMILES string of the molecule is COc1cc(C(O)CC(=O)O)cc(C)n1. The molecule has 82 valence electrons. The van der Waals surface area contributed by atoms with E-state index in [-0.39, 0.29) is 6.42 Å². The Morgan fingerprint density at radius 3 is 2.80 bits per heavy atom.